The molecule has 0 radical (unpaired) electrons. The number of likely N-dealkylation sites (tertiary alicyclic amines) is 1. The van der Waals surface area contributed by atoms with Crippen LogP contribution in [0.4, 0.5) is 11.4 Å². The van der Waals surface area contributed by atoms with E-state index in [1.54, 1.807) is 0 Å². The molecular formula is C22H33N3O2. The van der Waals surface area contributed by atoms with Gasteiger partial charge in [0.25, 0.3) is 5.91 Å². The molecule has 2 aliphatic rings. The van der Waals surface area contributed by atoms with Crippen molar-refractivity contribution in [2.45, 2.75) is 51.9 Å². The van der Waals surface area contributed by atoms with Gasteiger partial charge >= 0.3 is 0 Å². The zero-order valence-corrected chi connectivity index (χ0v) is 17.0. The van der Waals surface area contributed by atoms with Crippen molar-refractivity contribution in [3.8, 4) is 0 Å². The fourth-order valence-corrected chi connectivity index (χ4v) is 4.17. The maximum atomic E-state index is 13.2. The molecule has 1 heterocycles. The van der Waals surface area contributed by atoms with Crippen LogP contribution in [0.5, 0.6) is 0 Å². The summed E-state index contributed by atoms with van der Waals surface area (Å²) < 4.78 is 0. The lowest BCUT2D eigenvalue weighted by Crippen LogP contribution is -2.38. The molecule has 3 rings (SSSR count). The molecule has 5 nitrogen and oxygen atoms in total. The van der Waals surface area contributed by atoms with E-state index >= 15 is 0 Å². The minimum atomic E-state index is 0.0689. The maximum Gasteiger partial charge on any atom is 0.256 e. The van der Waals surface area contributed by atoms with Crippen molar-refractivity contribution in [3.63, 3.8) is 0 Å². The highest BCUT2D eigenvalue weighted by Gasteiger charge is 2.25. The van der Waals surface area contributed by atoms with Gasteiger partial charge in [0.1, 0.15) is 0 Å². The predicted octanol–water partition coefficient (Wildman–Crippen LogP) is 4.14. The minimum absolute atomic E-state index is 0.0689. The number of nitrogens with one attached hydrogen (secondary N) is 1. The van der Waals surface area contributed by atoms with Gasteiger partial charge in [-0.05, 0) is 49.8 Å². The molecule has 0 unspecified atom stereocenters. The molecule has 2 amide bonds. The van der Waals surface area contributed by atoms with Crippen LogP contribution in [0.25, 0.3) is 0 Å². The fraction of sp³-hybridized carbons (Fsp3) is 0.636. The second kappa shape index (κ2) is 8.77. The van der Waals surface area contributed by atoms with Crippen LogP contribution in [0.3, 0.4) is 0 Å². The van der Waals surface area contributed by atoms with E-state index in [1.165, 1.54) is 6.42 Å². The summed E-state index contributed by atoms with van der Waals surface area (Å²) in [6.45, 7) is 3.87. The van der Waals surface area contributed by atoms with Crippen molar-refractivity contribution in [3.05, 3.63) is 23.8 Å². The third-order valence-electron chi connectivity index (χ3n) is 6.02. The second-order valence-electron chi connectivity index (χ2n) is 8.43. The molecule has 0 aromatic heterocycles. The van der Waals surface area contributed by atoms with E-state index in [-0.39, 0.29) is 17.7 Å². The lowest BCUT2D eigenvalue weighted by atomic mass is 9.88. The number of carbonyl (C=O) groups excluding carboxylic acids is 2. The molecule has 1 aromatic carbocycles. The van der Waals surface area contributed by atoms with Gasteiger partial charge in [-0.3, -0.25) is 9.59 Å². The molecule has 0 bridgehead atoms. The third-order valence-corrected chi connectivity index (χ3v) is 6.02. The first-order chi connectivity index (χ1) is 13.0. The number of carbonyl (C=O) groups is 2. The van der Waals surface area contributed by atoms with E-state index < -0.39 is 0 Å². The number of piperidine rings is 1. The topological polar surface area (TPSA) is 52.7 Å². The van der Waals surface area contributed by atoms with Crippen LogP contribution >= 0.6 is 0 Å². The van der Waals surface area contributed by atoms with Crippen LogP contribution in [0.1, 0.15) is 62.2 Å². The zero-order valence-electron chi connectivity index (χ0n) is 17.0. The second-order valence-corrected chi connectivity index (χ2v) is 8.43. The fourth-order valence-electron chi connectivity index (χ4n) is 4.17. The van der Waals surface area contributed by atoms with Crippen LogP contribution in [0.2, 0.25) is 0 Å². The number of benzene rings is 1. The Labute approximate surface area is 163 Å². The normalized spacial score (nSPS) is 19.0. The average molecular weight is 372 g/mol. The monoisotopic (exact) mass is 371 g/mol. The molecule has 148 valence electrons. The lowest BCUT2D eigenvalue weighted by Gasteiger charge is -2.31. The summed E-state index contributed by atoms with van der Waals surface area (Å²) in [6.07, 6.45) is 7.55. The molecule has 1 aromatic rings. The van der Waals surface area contributed by atoms with Crippen molar-refractivity contribution in [2.24, 2.45) is 11.8 Å². The van der Waals surface area contributed by atoms with Gasteiger partial charge in [0.2, 0.25) is 5.91 Å². The van der Waals surface area contributed by atoms with Crippen LogP contribution < -0.4 is 10.2 Å². The largest absolute Gasteiger partial charge is 0.377 e. The molecule has 2 fully saturated rings. The summed E-state index contributed by atoms with van der Waals surface area (Å²) in [4.78, 5) is 29.7. The minimum Gasteiger partial charge on any atom is -0.377 e. The highest BCUT2D eigenvalue weighted by atomic mass is 16.2. The summed E-state index contributed by atoms with van der Waals surface area (Å²) in [5.74, 6) is 0.954. The number of rotatable bonds is 4. The van der Waals surface area contributed by atoms with Gasteiger partial charge in [0.15, 0.2) is 0 Å². The van der Waals surface area contributed by atoms with Gasteiger partial charge in [-0.1, -0.05) is 26.2 Å². The molecule has 5 heteroatoms. The van der Waals surface area contributed by atoms with Crippen molar-refractivity contribution in [2.75, 3.05) is 37.4 Å². The van der Waals surface area contributed by atoms with Crippen molar-refractivity contribution in [1.29, 1.82) is 0 Å². The maximum absolute atomic E-state index is 13.2. The summed E-state index contributed by atoms with van der Waals surface area (Å²) in [7, 11) is 3.90. The Kier molecular flexibility index (Phi) is 6.40. The van der Waals surface area contributed by atoms with Gasteiger partial charge in [-0.15, -0.1) is 0 Å². The Morgan fingerprint density at radius 1 is 1.04 bits per heavy atom. The Hall–Kier alpha value is -2.04. The van der Waals surface area contributed by atoms with Crippen LogP contribution in [0.15, 0.2) is 18.2 Å². The Bertz CT molecular complexity index is 672. The molecule has 1 saturated carbocycles. The van der Waals surface area contributed by atoms with Gasteiger partial charge < -0.3 is 15.1 Å². The predicted molar refractivity (Wildman–Crippen MR) is 110 cm³/mol. The highest BCUT2D eigenvalue weighted by molar-refractivity contribution is 6.02. The van der Waals surface area contributed by atoms with Crippen LogP contribution in [-0.4, -0.2) is 43.9 Å². The SMILES string of the molecule is CC1CCN(C(=O)c2cc(NC(=O)C3CCCCC3)ccc2N(C)C)CC1. The lowest BCUT2D eigenvalue weighted by molar-refractivity contribution is -0.120. The molecular weight excluding hydrogens is 338 g/mol. The summed E-state index contributed by atoms with van der Waals surface area (Å²) >= 11 is 0. The van der Waals surface area contributed by atoms with Gasteiger partial charge in [-0.2, -0.15) is 0 Å². The molecule has 1 N–H and O–H groups in total. The van der Waals surface area contributed by atoms with Gasteiger partial charge in [0, 0.05) is 44.5 Å². The van der Waals surface area contributed by atoms with E-state index in [0.717, 1.165) is 63.0 Å². The number of hydrogen-bond donors (Lipinski definition) is 1. The first-order valence-corrected chi connectivity index (χ1v) is 10.4. The first-order valence-electron chi connectivity index (χ1n) is 10.4. The molecule has 27 heavy (non-hydrogen) atoms. The number of nitrogens with zero attached hydrogens (tertiary/aromatic N) is 2. The average Bonchev–Trinajstić information content (AvgIpc) is 2.68. The van der Waals surface area contributed by atoms with Crippen molar-refractivity contribution < 1.29 is 9.59 Å². The summed E-state index contributed by atoms with van der Waals surface area (Å²) in [5, 5.41) is 3.05. The van der Waals surface area contributed by atoms with E-state index in [4.69, 9.17) is 0 Å². The van der Waals surface area contributed by atoms with Gasteiger partial charge in [-0.25, -0.2) is 0 Å². The van der Waals surface area contributed by atoms with Crippen LogP contribution in [0, 0.1) is 11.8 Å². The smallest absolute Gasteiger partial charge is 0.256 e. The standard InChI is InChI=1S/C22H33N3O2/c1-16-11-13-25(14-12-16)22(27)19-15-18(9-10-20(19)24(2)3)23-21(26)17-7-5-4-6-8-17/h9-10,15-17H,4-8,11-14H2,1-3H3,(H,23,26). The molecule has 1 saturated heterocycles. The van der Waals surface area contributed by atoms with E-state index in [9.17, 15) is 9.59 Å². The van der Waals surface area contributed by atoms with Crippen LogP contribution in [-0.2, 0) is 4.79 Å². The van der Waals surface area contributed by atoms with Gasteiger partial charge in [0.05, 0.1) is 5.56 Å². The van der Waals surface area contributed by atoms with Crippen molar-refractivity contribution >= 4 is 23.2 Å². The van der Waals surface area contributed by atoms with Crippen molar-refractivity contribution in [1.82, 2.24) is 4.90 Å². The Morgan fingerprint density at radius 2 is 1.70 bits per heavy atom. The number of anilines is 2. The number of amides is 2. The molecule has 0 spiro atoms. The Morgan fingerprint density at radius 3 is 2.33 bits per heavy atom. The highest BCUT2D eigenvalue weighted by Crippen LogP contribution is 2.28. The zero-order chi connectivity index (χ0) is 19.4. The number of hydrogen-bond acceptors (Lipinski definition) is 3. The quantitative estimate of drug-likeness (QED) is 0.865. The van der Waals surface area contributed by atoms with E-state index in [2.05, 4.69) is 12.2 Å². The molecule has 1 aliphatic heterocycles. The Balaban J connectivity index is 1.77. The van der Waals surface area contributed by atoms with E-state index in [1.807, 2.05) is 42.1 Å². The van der Waals surface area contributed by atoms with E-state index in [0.29, 0.717) is 11.5 Å². The third kappa shape index (κ3) is 4.82. The molecule has 0 atom stereocenters. The summed E-state index contributed by atoms with van der Waals surface area (Å²) in [5.41, 5.74) is 2.30. The molecule has 1 aliphatic carbocycles. The summed E-state index contributed by atoms with van der Waals surface area (Å²) in [6, 6.07) is 5.71. The first kappa shape index (κ1) is 19.7.